The van der Waals surface area contributed by atoms with Gasteiger partial charge in [-0.3, -0.25) is 9.59 Å². The van der Waals surface area contributed by atoms with Gasteiger partial charge in [-0.2, -0.15) is 4.36 Å². The van der Waals surface area contributed by atoms with Crippen LogP contribution in [0.25, 0.3) is 0 Å². The molecule has 2 rings (SSSR count). The van der Waals surface area contributed by atoms with Gasteiger partial charge in [-0.05, 0) is 36.4 Å². The third-order valence-electron chi connectivity index (χ3n) is 2.74. The van der Waals surface area contributed by atoms with E-state index in [1.807, 2.05) is 0 Å². The molecule has 0 N–H and O–H groups in total. The number of ketones is 1. The number of nitrogens with zero attached hydrogens (tertiary/aromatic N) is 1. The van der Waals surface area contributed by atoms with Gasteiger partial charge in [0.1, 0.15) is 5.82 Å². The topological polar surface area (TPSA) is 63.6 Å². The van der Waals surface area contributed by atoms with Crippen LogP contribution in [0.2, 0.25) is 0 Å². The van der Waals surface area contributed by atoms with Crippen molar-refractivity contribution in [1.82, 2.24) is 0 Å². The van der Waals surface area contributed by atoms with Gasteiger partial charge in [-0.1, -0.05) is 18.2 Å². The Morgan fingerprint density at radius 2 is 1.57 bits per heavy atom. The molecule has 2 aromatic rings. The van der Waals surface area contributed by atoms with Gasteiger partial charge < -0.3 is 0 Å². The van der Waals surface area contributed by atoms with Crippen LogP contribution in [-0.2, 0) is 14.5 Å². The van der Waals surface area contributed by atoms with Crippen LogP contribution in [0.3, 0.4) is 0 Å². The van der Waals surface area contributed by atoms with Gasteiger partial charge in [0.25, 0.3) is 5.78 Å². The Hall–Kier alpha value is -2.34. The summed E-state index contributed by atoms with van der Waals surface area (Å²) < 4.78 is 28.7. The number of halogens is 1. The SMILES string of the molecule is CS(=O)(=NC(=O)C(=O)c1ccc(F)cc1)c1ccccc1. The molecule has 0 fully saturated rings. The highest BCUT2D eigenvalue weighted by molar-refractivity contribution is 7.93. The van der Waals surface area contributed by atoms with E-state index in [9.17, 15) is 18.2 Å². The highest BCUT2D eigenvalue weighted by Crippen LogP contribution is 2.12. The summed E-state index contributed by atoms with van der Waals surface area (Å²) in [5.41, 5.74) is 0.00779. The molecule has 0 bridgehead atoms. The fraction of sp³-hybridized carbons (Fsp3) is 0.0667. The largest absolute Gasteiger partial charge is 0.326 e. The predicted molar refractivity (Wildman–Crippen MR) is 76.9 cm³/mol. The van der Waals surface area contributed by atoms with E-state index in [0.29, 0.717) is 4.90 Å². The van der Waals surface area contributed by atoms with E-state index in [-0.39, 0.29) is 5.56 Å². The van der Waals surface area contributed by atoms with Crippen molar-refractivity contribution in [3.8, 4) is 0 Å². The van der Waals surface area contributed by atoms with Crippen LogP contribution in [0, 0.1) is 5.82 Å². The first-order valence-corrected chi connectivity index (χ1v) is 7.94. The summed E-state index contributed by atoms with van der Waals surface area (Å²) in [6.07, 6.45) is 1.29. The average Bonchev–Trinajstić information content (AvgIpc) is 2.48. The molecule has 0 saturated carbocycles. The first kappa shape index (κ1) is 15.1. The number of hydrogen-bond donors (Lipinski definition) is 0. The summed E-state index contributed by atoms with van der Waals surface area (Å²) in [5, 5.41) is 0. The minimum Gasteiger partial charge on any atom is -0.283 e. The molecule has 4 nitrogen and oxygen atoms in total. The van der Waals surface area contributed by atoms with Crippen LogP contribution in [0.4, 0.5) is 4.39 Å². The van der Waals surface area contributed by atoms with Crippen LogP contribution in [0.5, 0.6) is 0 Å². The molecule has 21 heavy (non-hydrogen) atoms. The van der Waals surface area contributed by atoms with Gasteiger partial charge in [0.05, 0.1) is 9.73 Å². The van der Waals surface area contributed by atoms with Crippen molar-refractivity contribution in [3.63, 3.8) is 0 Å². The van der Waals surface area contributed by atoms with Gasteiger partial charge in [-0.15, -0.1) is 0 Å². The summed E-state index contributed by atoms with van der Waals surface area (Å²) >= 11 is 0. The molecular formula is C15H12FNO3S. The number of Topliss-reactive ketones (excluding diaryl/α,β-unsaturated/α-hetero) is 1. The van der Waals surface area contributed by atoms with Gasteiger partial charge in [0.2, 0.25) is 0 Å². The minimum absolute atomic E-state index is 0.00779. The Balaban J connectivity index is 2.32. The normalized spacial score (nSPS) is 13.2. The summed E-state index contributed by atoms with van der Waals surface area (Å²) in [6, 6.07) is 12.7. The molecule has 0 aromatic heterocycles. The Kier molecular flexibility index (Phi) is 4.28. The van der Waals surface area contributed by atoms with Crippen LogP contribution >= 0.6 is 0 Å². The number of hydrogen-bond acceptors (Lipinski definition) is 3. The molecule has 108 valence electrons. The average molecular weight is 305 g/mol. The van der Waals surface area contributed by atoms with Crippen LogP contribution in [-0.4, -0.2) is 22.2 Å². The molecule has 0 aliphatic heterocycles. The zero-order valence-corrected chi connectivity index (χ0v) is 12.0. The molecular weight excluding hydrogens is 293 g/mol. The van der Waals surface area contributed by atoms with E-state index in [2.05, 4.69) is 4.36 Å². The predicted octanol–water partition coefficient (Wildman–Crippen LogP) is 2.69. The number of benzene rings is 2. The van der Waals surface area contributed by atoms with Gasteiger partial charge in [0, 0.05) is 16.7 Å². The zero-order chi connectivity index (χ0) is 15.5. The van der Waals surface area contributed by atoms with Crippen molar-refractivity contribution in [2.75, 3.05) is 6.26 Å². The van der Waals surface area contributed by atoms with Crippen molar-refractivity contribution >= 4 is 21.4 Å². The lowest BCUT2D eigenvalue weighted by molar-refractivity contribution is -0.113. The second-order valence-electron chi connectivity index (χ2n) is 4.35. The Bertz CT molecular complexity index is 791. The molecule has 6 heteroatoms. The van der Waals surface area contributed by atoms with Crippen molar-refractivity contribution in [2.45, 2.75) is 4.90 Å². The van der Waals surface area contributed by atoms with Crippen molar-refractivity contribution in [1.29, 1.82) is 0 Å². The smallest absolute Gasteiger partial charge is 0.283 e. The first-order chi connectivity index (χ1) is 9.90. The minimum atomic E-state index is -2.99. The number of carbonyl (C=O) groups excluding carboxylic acids is 2. The lowest BCUT2D eigenvalue weighted by Crippen LogP contribution is -2.14. The fourth-order valence-corrected chi connectivity index (χ4v) is 2.82. The van der Waals surface area contributed by atoms with E-state index in [1.165, 1.54) is 18.4 Å². The molecule has 0 saturated heterocycles. The molecule has 0 radical (unpaired) electrons. The van der Waals surface area contributed by atoms with E-state index in [1.54, 1.807) is 30.3 Å². The third-order valence-corrected chi connectivity index (χ3v) is 4.40. The van der Waals surface area contributed by atoms with E-state index < -0.39 is 27.2 Å². The van der Waals surface area contributed by atoms with E-state index in [4.69, 9.17) is 0 Å². The molecule has 2 aromatic carbocycles. The van der Waals surface area contributed by atoms with E-state index >= 15 is 0 Å². The van der Waals surface area contributed by atoms with Gasteiger partial charge >= 0.3 is 5.91 Å². The van der Waals surface area contributed by atoms with Crippen molar-refractivity contribution in [2.24, 2.45) is 4.36 Å². The molecule has 0 aliphatic rings. The number of carbonyl (C=O) groups is 2. The molecule has 0 heterocycles. The molecule has 0 spiro atoms. The quantitative estimate of drug-likeness (QED) is 0.647. The Labute approximate surface area is 121 Å². The Morgan fingerprint density at radius 1 is 1.00 bits per heavy atom. The summed E-state index contributed by atoms with van der Waals surface area (Å²) in [4.78, 5) is 24.1. The summed E-state index contributed by atoms with van der Waals surface area (Å²) in [6.45, 7) is 0. The highest BCUT2D eigenvalue weighted by Gasteiger charge is 2.18. The number of amides is 1. The molecule has 1 atom stereocenters. The maximum atomic E-state index is 12.8. The zero-order valence-electron chi connectivity index (χ0n) is 11.2. The Morgan fingerprint density at radius 3 is 2.14 bits per heavy atom. The van der Waals surface area contributed by atoms with Crippen LogP contribution in [0.1, 0.15) is 10.4 Å². The third kappa shape index (κ3) is 3.61. The standard InChI is InChI=1S/C15H12FNO3S/c1-21(20,13-5-3-2-4-6-13)17-15(19)14(18)11-7-9-12(16)10-8-11/h2-10H,1H3. The number of rotatable bonds is 3. The van der Waals surface area contributed by atoms with Gasteiger partial charge in [0.15, 0.2) is 0 Å². The van der Waals surface area contributed by atoms with Crippen LogP contribution in [0.15, 0.2) is 63.9 Å². The van der Waals surface area contributed by atoms with Gasteiger partial charge in [-0.25, -0.2) is 8.60 Å². The van der Waals surface area contributed by atoms with Crippen LogP contribution < -0.4 is 0 Å². The second kappa shape index (κ2) is 5.97. The lowest BCUT2D eigenvalue weighted by atomic mass is 10.1. The first-order valence-electron chi connectivity index (χ1n) is 6.01. The summed E-state index contributed by atoms with van der Waals surface area (Å²) in [7, 11) is -2.99. The maximum Gasteiger partial charge on any atom is 0.326 e. The van der Waals surface area contributed by atoms with Crippen molar-refractivity contribution < 1.29 is 18.2 Å². The van der Waals surface area contributed by atoms with E-state index in [0.717, 1.165) is 12.1 Å². The lowest BCUT2D eigenvalue weighted by Gasteiger charge is -2.03. The molecule has 0 aliphatic carbocycles. The van der Waals surface area contributed by atoms with Crippen molar-refractivity contribution in [3.05, 3.63) is 66.0 Å². The highest BCUT2D eigenvalue weighted by atomic mass is 32.2. The molecule has 1 amide bonds. The fourth-order valence-electron chi connectivity index (χ4n) is 1.65. The summed E-state index contributed by atoms with van der Waals surface area (Å²) in [5.74, 6) is -2.54. The maximum absolute atomic E-state index is 12.8. The second-order valence-corrected chi connectivity index (χ2v) is 6.61. The monoisotopic (exact) mass is 305 g/mol. The molecule has 1 unspecified atom stereocenters.